The van der Waals surface area contributed by atoms with Gasteiger partial charge >= 0.3 is 0 Å². The number of rotatable bonds is 6. The van der Waals surface area contributed by atoms with Crippen LogP contribution in [0.25, 0.3) is 0 Å². The second-order valence-corrected chi connectivity index (χ2v) is 9.52. The number of hydrogen-bond donors (Lipinski definition) is 1. The van der Waals surface area contributed by atoms with Crippen LogP contribution >= 0.6 is 11.6 Å². The monoisotopic (exact) mass is 486 g/mol. The Morgan fingerprint density at radius 3 is 2.16 bits per heavy atom. The summed E-state index contributed by atoms with van der Waals surface area (Å²) in [5.41, 5.74) is 0.928. The number of halogens is 1. The molecule has 1 heterocycles. The van der Waals surface area contributed by atoms with E-state index in [2.05, 4.69) is 35.5 Å². The van der Waals surface area contributed by atoms with Crippen LogP contribution in [0, 0.1) is 0 Å². The zero-order valence-electron chi connectivity index (χ0n) is 18.0. The molecule has 0 atom stereocenters. The van der Waals surface area contributed by atoms with Crippen LogP contribution in [0.5, 0.6) is 17.2 Å². The van der Waals surface area contributed by atoms with E-state index in [-0.39, 0.29) is 78.4 Å². The number of benzene rings is 2. The molecule has 0 amide bonds. The van der Waals surface area contributed by atoms with Gasteiger partial charge in [-0.2, -0.15) is 0 Å². The van der Waals surface area contributed by atoms with Crippen molar-refractivity contribution in [1.29, 1.82) is 0 Å². The molecule has 0 fully saturated rings. The Morgan fingerprint density at radius 1 is 0.968 bits per heavy atom. The van der Waals surface area contributed by atoms with Gasteiger partial charge in [0.1, 0.15) is 6.33 Å². The van der Waals surface area contributed by atoms with Crippen molar-refractivity contribution in [1.82, 2.24) is 9.97 Å². The number of aromatic nitrogens is 2. The first kappa shape index (κ1) is 26.1. The van der Waals surface area contributed by atoms with Crippen LogP contribution in [0.3, 0.4) is 0 Å². The quantitative estimate of drug-likeness (QED) is 0.403. The van der Waals surface area contributed by atoms with Crippen molar-refractivity contribution >= 4 is 78.8 Å². The van der Waals surface area contributed by atoms with Crippen molar-refractivity contribution in [3.8, 4) is 17.2 Å². The average Bonchev–Trinajstić information content (AvgIpc) is 2.70. The molecule has 0 bridgehead atoms. The van der Waals surface area contributed by atoms with E-state index in [9.17, 15) is 8.42 Å². The standard InChI is InChI=1S/C21H22ClN3O4S.K/c1-21(2,3)14-9-11-15(12-10-14)30(26,27)25-20-18(19(22)23-13-24-20)29-17-8-6-5-7-16(17)28-4;/h5-13H,1-4H3,(H,23,24,25);. The number of nitrogens with zero attached hydrogens (tertiary/aromatic N) is 2. The van der Waals surface area contributed by atoms with E-state index in [0.717, 1.165) is 11.9 Å². The number of sulfonamides is 1. The number of anilines is 1. The predicted octanol–water partition coefficient (Wildman–Crippen LogP) is 4.65. The maximum atomic E-state index is 12.9. The summed E-state index contributed by atoms with van der Waals surface area (Å²) in [5.74, 6) is 0.676. The predicted molar refractivity (Wildman–Crippen MR) is 122 cm³/mol. The van der Waals surface area contributed by atoms with Gasteiger partial charge in [-0.25, -0.2) is 18.4 Å². The second kappa shape index (κ2) is 10.6. The summed E-state index contributed by atoms with van der Waals surface area (Å²) in [4.78, 5) is 7.98. The van der Waals surface area contributed by atoms with Gasteiger partial charge in [-0.05, 0) is 35.2 Å². The number of para-hydroxylation sites is 2. The molecule has 7 nitrogen and oxygen atoms in total. The number of ether oxygens (including phenoxy) is 2. The maximum absolute atomic E-state index is 12.9. The van der Waals surface area contributed by atoms with Crippen LogP contribution in [-0.4, -0.2) is 76.9 Å². The van der Waals surface area contributed by atoms with Crippen molar-refractivity contribution < 1.29 is 17.9 Å². The second-order valence-electron chi connectivity index (χ2n) is 7.48. The Bertz CT molecular complexity index is 1150. The number of nitrogens with one attached hydrogen (secondary N) is 1. The molecule has 0 saturated heterocycles. The fourth-order valence-electron chi connectivity index (χ4n) is 2.65. The van der Waals surface area contributed by atoms with Gasteiger partial charge in [0.05, 0.1) is 12.0 Å². The first-order valence-electron chi connectivity index (χ1n) is 9.06. The van der Waals surface area contributed by atoms with E-state index in [1.165, 1.54) is 7.11 Å². The minimum atomic E-state index is -3.93. The average molecular weight is 487 g/mol. The van der Waals surface area contributed by atoms with Crippen LogP contribution in [0.1, 0.15) is 26.3 Å². The van der Waals surface area contributed by atoms with E-state index in [1.807, 2.05) is 0 Å². The van der Waals surface area contributed by atoms with Crippen LogP contribution in [0.4, 0.5) is 5.82 Å². The molecule has 10 heteroatoms. The Hall–Kier alpha value is -1.20. The molecule has 1 radical (unpaired) electrons. The molecule has 0 aliphatic carbocycles. The molecular weight excluding hydrogens is 465 g/mol. The fourth-order valence-corrected chi connectivity index (χ4v) is 3.83. The molecule has 159 valence electrons. The summed E-state index contributed by atoms with van der Waals surface area (Å²) in [6.07, 6.45) is 1.15. The third-order valence-corrected chi connectivity index (χ3v) is 5.93. The van der Waals surface area contributed by atoms with Crippen molar-refractivity contribution in [2.24, 2.45) is 0 Å². The fraction of sp³-hybridized carbons (Fsp3) is 0.238. The van der Waals surface area contributed by atoms with Crippen LogP contribution in [-0.2, 0) is 15.4 Å². The van der Waals surface area contributed by atoms with Crippen LogP contribution < -0.4 is 14.2 Å². The molecule has 3 rings (SSSR count). The molecule has 1 aromatic heterocycles. The zero-order valence-corrected chi connectivity index (χ0v) is 22.7. The molecule has 3 aromatic rings. The van der Waals surface area contributed by atoms with E-state index in [0.29, 0.717) is 11.5 Å². The Kier molecular flexibility index (Phi) is 8.92. The number of methoxy groups -OCH3 is 1. The van der Waals surface area contributed by atoms with Gasteiger partial charge in [0.15, 0.2) is 22.5 Å². The van der Waals surface area contributed by atoms with Crippen LogP contribution in [0.2, 0.25) is 5.15 Å². The third kappa shape index (κ3) is 6.41. The minimum absolute atomic E-state index is 0. The summed E-state index contributed by atoms with van der Waals surface area (Å²) in [6.45, 7) is 6.16. The molecule has 31 heavy (non-hydrogen) atoms. The topological polar surface area (TPSA) is 90.4 Å². The molecule has 0 saturated carbocycles. The molecule has 0 aliphatic heterocycles. The summed E-state index contributed by atoms with van der Waals surface area (Å²) in [6, 6.07) is 13.6. The molecule has 0 spiro atoms. The Morgan fingerprint density at radius 2 is 1.58 bits per heavy atom. The molecular formula is C21H22ClKN3O4S. The van der Waals surface area contributed by atoms with Crippen molar-refractivity contribution in [2.45, 2.75) is 31.1 Å². The summed E-state index contributed by atoms with van der Waals surface area (Å²) >= 11 is 6.17. The molecule has 2 aromatic carbocycles. The van der Waals surface area contributed by atoms with Crippen molar-refractivity contribution in [3.05, 3.63) is 65.6 Å². The van der Waals surface area contributed by atoms with Crippen LogP contribution in [0.15, 0.2) is 59.8 Å². The van der Waals surface area contributed by atoms with Gasteiger partial charge in [0, 0.05) is 51.4 Å². The summed E-state index contributed by atoms with van der Waals surface area (Å²) < 4.78 is 39.3. The Balaban J connectivity index is 0.00000341. The van der Waals surface area contributed by atoms with Gasteiger partial charge in [-0.1, -0.05) is 56.6 Å². The molecule has 1 N–H and O–H groups in total. The van der Waals surface area contributed by atoms with E-state index in [1.54, 1.807) is 48.5 Å². The summed E-state index contributed by atoms with van der Waals surface area (Å²) in [7, 11) is -2.44. The van der Waals surface area contributed by atoms with Crippen molar-refractivity contribution in [3.63, 3.8) is 0 Å². The molecule has 0 unspecified atom stereocenters. The van der Waals surface area contributed by atoms with E-state index < -0.39 is 10.0 Å². The largest absolute Gasteiger partial charge is 0.493 e. The first-order chi connectivity index (χ1) is 14.1. The SMILES string of the molecule is COc1ccccc1Oc1c(Cl)ncnc1NS(=O)(=O)c1ccc(C(C)(C)C)cc1.[K]. The van der Waals surface area contributed by atoms with Gasteiger partial charge in [0.2, 0.25) is 5.75 Å². The number of hydrogen-bond acceptors (Lipinski definition) is 6. The minimum Gasteiger partial charge on any atom is -0.493 e. The molecule has 0 aliphatic rings. The first-order valence-corrected chi connectivity index (χ1v) is 10.9. The summed E-state index contributed by atoms with van der Waals surface area (Å²) in [5, 5.41) is -0.0447. The smallest absolute Gasteiger partial charge is 0.263 e. The van der Waals surface area contributed by atoms with Gasteiger partial charge in [0.25, 0.3) is 10.0 Å². The van der Waals surface area contributed by atoms with Gasteiger partial charge < -0.3 is 9.47 Å². The van der Waals surface area contributed by atoms with Gasteiger partial charge in [-0.15, -0.1) is 0 Å². The van der Waals surface area contributed by atoms with Gasteiger partial charge in [-0.3, -0.25) is 4.72 Å². The Labute approximate surface area is 230 Å². The maximum Gasteiger partial charge on any atom is 0.263 e. The third-order valence-electron chi connectivity index (χ3n) is 4.30. The van der Waals surface area contributed by atoms with E-state index >= 15 is 0 Å². The van der Waals surface area contributed by atoms with E-state index in [4.69, 9.17) is 21.1 Å². The van der Waals surface area contributed by atoms with Crippen molar-refractivity contribution in [2.75, 3.05) is 11.8 Å². The normalized spacial score (nSPS) is 11.4. The zero-order chi connectivity index (χ0) is 21.9.